The molecule has 20 heavy (non-hydrogen) atoms. The summed E-state index contributed by atoms with van der Waals surface area (Å²) in [5.41, 5.74) is 1.54. The Bertz CT molecular complexity index is 689. The Balaban J connectivity index is 1.69. The second-order valence-electron chi connectivity index (χ2n) is 4.16. The van der Waals surface area contributed by atoms with Gasteiger partial charge in [-0.05, 0) is 0 Å². The van der Waals surface area contributed by atoms with Gasteiger partial charge in [0.05, 0.1) is 6.54 Å². The summed E-state index contributed by atoms with van der Waals surface area (Å²) in [4.78, 5) is 18.8. The molecule has 0 saturated heterocycles. The second kappa shape index (κ2) is 5.40. The summed E-state index contributed by atoms with van der Waals surface area (Å²) in [6.07, 6.45) is 3.33. The number of rotatable bonds is 4. The van der Waals surface area contributed by atoms with E-state index in [4.69, 9.17) is 4.52 Å². The molecule has 0 spiro atoms. The van der Waals surface area contributed by atoms with Gasteiger partial charge in [0.15, 0.2) is 0 Å². The summed E-state index contributed by atoms with van der Waals surface area (Å²) < 4.78 is 5.06. The smallest absolute Gasteiger partial charge is 0.290 e. The van der Waals surface area contributed by atoms with Gasteiger partial charge in [0.2, 0.25) is 5.76 Å². The van der Waals surface area contributed by atoms with Gasteiger partial charge in [-0.2, -0.15) is 0 Å². The van der Waals surface area contributed by atoms with Crippen molar-refractivity contribution >= 4 is 5.91 Å². The molecule has 6 heteroatoms. The number of aromatic nitrogens is 3. The molecule has 0 aliphatic carbocycles. The Labute approximate surface area is 114 Å². The fourth-order valence-corrected chi connectivity index (χ4v) is 1.77. The maximum atomic E-state index is 11.9. The van der Waals surface area contributed by atoms with Crippen molar-refractivity contribution in [2.75, 3.05) is 0 Å². The van der Waals surface area contributed by atoms with Crippen molar-refractivity contribution in [3.8, 4) is 11.3 Å². The van der Waals surface area contributed by atoms with E-state index < -0.39 is 0 Å². The molecule has 0 aliphatic heterocycles. The van der Waals surface area contributed by atoms with Crippen LogP contribution in [0.25, 0.3) is 11.3 Å². The fourth-order valence-electron chi connectivity index (χ4n) is 1.77. The monoisotopic (exact) mass is 268 g/mol. The highest BCUT2D eigenvalue weighted by molar-refractivity contribution is 5.92. The van der Waals surface area contributed by atoms with Crippen LogP contribution < -0.4 is 5.32 Å². The van der Waals surface area contributed by atoms with Crippen LogP contribution in [0.1, 0.15) is 16.4 Å². The largest absolute Gasteiger partial charge is 0.350 e. The summed E-state index contributed by atoms with van der Waals surface area (Å²) >= 11 is 0. The Morgan fingerprint density at radius 2 is 2.15 bits per heavy atom. The van der Waals surface area contributed by atoms with Gasteiger partial charge in [-0.1, -0.05) is 35.5 Å². The fraction of sp³-hybridized carbons (Fsp3) is 0.0714. The van der Waals surface area contributed by atoms with Gasteiger partial charge in [-0.15, -0.1) is 0 Å². The van der Waals surface area contributed by atoms with E-state index in [0.29, 0.717) is 18.1 Å². The minimum atomic E-state index is -0.323. The topological polar surface area (TPSA) is 83.8 Å². The average Bonchev–Trinajstić information content (AvgIpc) is 3.17. The minimum absolute atomic E-state index is 0.176. The number of hydrogen-bond donors (Lipinski definition) is 2. The highest BCUT2D eigenvalue weighted by atomic mass is 16.5. The highest BCUT2D eigenvalue weighted by Gasteiger charge is 2.13. The normalized spacial score (nSPS) is 10.4. The first-order valence-electron chi connectivity index (χ1n) is 6.11. The molecule has 100 valence electrons. The lowest BCUT2D eigenvalue weighted by molar-refractivity contribution is 0.0913. The van der Waals surface area contributed by atoms with Crippen molar-refractivity contribution in [3.63, 3.8) is 0 Å². The van der Waals surface area contributed by atoms with E-state index in [1.54, 1.807) is 18.5 Å². The summed E-state index contributed by atoms with van der Waals surface area (Å²) in [6, 6.07) is 11.2. The minimum Gasteiger partial charge on any atom is -0.350 e. The third kappa shape index (κ3) is 2.59. The van der Waals surface area contributed by atoms with Gasteiger partial charge in [0, 0.05) is 24.0 Å². The number of carbonyl (C=O) groups is 1. The number of H-pyrrole nitrogens is 1. The van der Waals surface area contributed by atoms with Crippen LogP contribution in [-0.4, -0.2) is 21.0 Å². The SMILES string of the molecule is O=C(NCc1ncc[nH]1)c1cc(-c2ccccc2)no1. The Morgan fingerprint density at radius 3 is 2.90 bits per heavy atom. The number of nitrogens with zero attached hydrogens (tertiary/aromatic N) is 2. The molecule has 0 radical (unpaired) electrons. The Kier molecular flexibility index (Phi) is 3.28. The number of carbonyl (C=O) groups excluding carboxylic acids is 1. The molecule has 3 aromatic rings. The highest BCUT2D eigenvalue weighted by Crippen LogP contribution is 2.18. The predicted octanol–water partition coefficient (Wildman–Crippen LogP) is 1.99. The van der Waals surface area contributed by atoms with Crippen LogP contribution in [0.15, 0.2) is 53.3 Å². The molecule has 2 aromatic heterocycles. The number of nitrogens with one attached hydrogen (secondary N) is 2. The summed E-state index contributed by atoms with van der Waals surface area (Å²) in [5.74, 6) is 0.535. The molecular formula is C14H12N4O2. The lowest BCUT2D eigenvalue weighted by Gasteiger charge is -1.98. The number of aromatic amines is 1. The third-order valence-corrected chi connectivity index (χ3v) is 2.77. The van der Waals surface area contributed by atoms with E-state index >= 15 is 0 Å². The lowest BCUT2D eigenvalue weighted by atomic mass is 10.1. The van der Waals surface area contributed by atoms with Crippen molar-refractivity contribution in [1.82, 2.24) is 20.4 Å². The first-order chi connectivity index (χ1) is 9.83. The maximum absolute atomic E-state index is 11.9. The zero-order chi connectivity index (χ0) is 13.8. The van der Waals surface area contributed by atoms with Crippen LogP contribution in [0.4, 0.5) is 0 Å². The van der Waals surface area contributed by atoms with E-state index in [0.717, 1.165) is 5.56 Å². The van der Waals surface area contributed by atoms with Gasteiger partial charge in [-0.3, -0.25) is 4.79 Å². The summed E-state index contributed by atoms with van der Waals surface area (Å²) in [6.45, 7) is 0.313. The number of imidazole rings is 1. The zero-order valence-corrected chi connectivity index (χ0v) is 10.5. The van der Waals surface area contributed by atoms with Gasteiger partial charge in [0.25, 0.3) is 5.91 Å². The van der Waals surface area contributed by atoms with Crippen LogP contribution in [-0.2, 0) is 6.54 Å². The van der Waals surface area contributed by atoms with Gasteiger partial charge < -0.3 is 14.8 Å². The standard InChI is InChI=1S/C14H12N4O2/c19-14(17-9-13-15-6-7-16-13)12-8-11(18-20-12)10-4-2-1-3-5-10/h1-8H,9H2,(H,15,16)(H,17,19). The van der Waals surface area contributed by atoms with E-state index in [-0.39, 0.29) is 11.7 Å². The first kappa shape index (κ1) is 12.2. The molecule has 0 aliphatic rings. The molecule has 6 nitrogen and oxygen atoms in total. The first-order valence-corrected chi connectivity index (χ1v) is 6.11. The van der Waals surface area contributed by atoms with E-state index in [1.165, 1.54) is 0 Å². The molecule has 0 atom stereocenters. The van der Waals surface area contributed by atoms with Crippen molar-refractivity contribution < 1.29 is 9.32 Å². The Morgan fingerprint density at radius 1 is 1.30 bits per heavy atom. The van der Waals surface area contributed by atoms with Crippen LogP contribution in [0.5, 0.6) is 0 Å². The predicted molar refractivity (Wildman–Crippen MR) is 71.7 cm³/mol. The second-order valence-corrected chi connectivity index (χ2v) is 4.16. The molecule has 1 aromatic carbocycles. The van der Waals surface area contributed by atoms with Gasteiger partial charge in [0.1, 0.15) is 11.5 Å². The molecule has 2 N–H and O–H groups in total. The van der Waals surface area contributed by atoms with Gasteiger partial charge >= 0.3 is 0 Å². The van der Waals surface area contributed by atoms with Crippen LogP contribution in [0, 0.1) is 0 Å². The molecular weight excluding hydrogens is 256 g/mol. The Hall–Kier alpha value is -2.89. The zero-order valence-electron chi connectivity index (χ0n) is 10.5. The van der Waals surface area contributed by atoms with Crippen LogP contribution >= 0.6 is 0 Å². The molecule has 0 unspecified atom stereocenters. The van der Waals surface area contributed by atoms with Crippen LogP contribution in [0.2, 0.25) is 0 Å². The molecule has 3 rings (SSSR count). The van der Waals surface area contributed by atoms with E-state index in [2.05, 4.69) is 20.4 Å². The average molecular weight is 268 g/mol. The van der Waals surface area contributed by atoms with Crippen molar-refractivity contribution in [3.05, 3.63) is 60.4 Å². The van der Waals surface area contributed by atoms with Crippen molar-refractivity contribution in [1.29, 1.82) is 0 Å². The third-order valence-electron chi connectivity index (χ3n) is 2.77. The molecule has 2 heterocycles. The number of amides is 1. The molecule has 0 fully saturated rings. The quantitative estimate of drug-likeness (QED) is 0.758. The number of hydrogen-bond acceptors (Lipinski definition) is 4. The van der Waals surface area contributed by atoms with Gasteiger partial charge in [-0.25, -0.2) is 4.98 Å². The maximum Gasteiger partial charge on any atom is 0.290 e. The van der Waals surface area contributed by atoms with Crippen molar-refractivity contribution in [2.45, 2.75) is 6.54 Å². The molecule has 0 saturated carbocycles. The summed E-state index contributed by atoms with van der Waals surface area (Å²) in [7, 11) is 0. The van der Waals surface area contributed by atoms with E-state index in [1.807, 2.05) is 30.3 Å². The molecule has 1 amide bonds. The van der Waals surface area contributed by atoms with E-state index in [9.17, 15) is 4.79 Å². The summed E-state index contributed by atoms with van der Waals surface area (Å²) in [5, 5.41) is 6.59. The number of benzene rings is 1. The lowest BCUT2D eigenvalue weighted by Crippen LogP contribution is -2.22. The molecule has 0 bridgehead atoms. The van der Waals surface area contributed by atoms with Crippen molar-refractivity contribution in [2.24, 2.45) is 0 Å². The van der Waals surface area contributed by atoms with Crippen LogP contribution in [0.3, 0.4) is 0 Å².